The fourth-order valence-electron chi connectivity index (χ4n) is 1.77. The number of rotatable bonds is 4. The van der Waals surface area contributed by atoms with Crippen LogP contribution in [0.3, 0.4) is 0 Å². The third-order valence-corrected chi connectivity index (χ3v) is 3.58. The number of methoxy groups -OCH3 is 1. The van der Waals surface area contributed by atoms with Gasteiger partial charge in [-0.05, 0) is 23.6 Å². The van der Waals surface area contributed by atoms with E-state index in [-0.39, 0.29) is 23.9 Å². The number of thiophene rings is 1. The van der Waals surface area contributed by atoms with Gasteiger partial charge in [0.2, 0.25) is 0 Å². The highest BCUT2D eigenvalue weighted by molar-refractivity contribution is 7.10. The van der Waals surface area contributed by atoms with Crippen LogP contribution >= 0.6 is 23.7 Å². The lowest BCUT2D eigenvalue weighted by Crippen LogP contribution is -2.17. The highest BCUT2D eigenvalue weighted by atomic mass is 35.5. The molecule has 1 heterocycles. The first kappa shape index (κ1) is 17.6. The molecule has 1 aromatic carbocycles. The second-order valence-electron chi connectivity index (χ2n) is 3.94. The van der Waals surface area contributed by atoms with Crippen LogP contribution in [0.5, 0.6) is 11.5 Å². The van der Waals surface area contributed by atoms with E-state index < -0.39 is 12.4 Å². The third kappa shape index (κ3) is 4.52. The monoisotopic (exact) mass is 339 g/mol. The van der Waals surface area contributed by atoms with Crippen molar-refractivity contribution in [3.63, 3.8) is 0 Å². The zero-order valence-corrected chi connectivity index (χ0v) is 12.5. The van der Waals surface area contributed by atoms with Crippen LogP contribution in [0.1, 0.15) is 16.5 Å². The SMILES string of the molecule is COc1cc(OC(F)(F)F)ccc1[C@H](N)c1cccs1.Cl. The van der Waals surface area contributed by atoms with E-state index in [1.807, 2.05) is 17.5 Å². The molecule has 1 aromatic heterocycles. The molecule has 0 saturated carbocycles. The van der Waals surface area contributed by atoms with Gasteiger partial charge in [-0.2, -0.15) is 0 Å². The summed E-state index contributed by atoms with van der Waals surface area (Å²) in [7, 11) is 1.37. The van der Waals surface area contributed by atoms with Gasteiger partial charge >= 0.3 is 6.36 Å². The fourth-order valence-corrected chi connectivity index (χ4v) is 2.51. The third-order valence-electron chi connectivity index (χ3n) is 2.62. The van der Waals surface area contributed by atoms with Gasteiger partial charge in [-0.15, -0.1) is 36.9 Å². The lowest BCUT2D eigenvalue weighted by Gasteiger charge is -2.16. The van der Waals surface area contributed by atoms with E-state index in [1.165, 1.54) is 36.6 Å². The molecule has 1 atom stereocenters. The van der Waals surface area contributed by atoms with Crippen molar-refractivity contribution >= 4 is 23.7 Å². The molecule has 0 fully saturated rings. The van der Waals surface area contributed by atoms with Gasteiger partial charge in [-0.3, -0.25) is 0 Å². The molecule has 2 aromatic rings. The van der Waals surface area contributed by atoms with Crippen molar-refractivity contribution < 1.29 is 22.6 Å². The molecule has 0 unspecified atom stereocenters. The molecule has 2 rings (SSSR count). The Balaban J connectivity index is 0.00000220. The van der Waals surface area contributed by atoms with E-state index in [0.717, 1.165) is 4.88 Å². The summed E-state index contributed by atoms with van der Waals surface area (Å²) in [6.45, 7) is 0. The van der Waals surface area contributed by atoms with E-state index in [9.17, 15) is 13.2 Å². The minimum absolute atomic E-state index is 0. The van der Waals surface area contributed by atoms with Crippen LogP contribution < -0.4 is 15.2 Å². The van der Waals surface area contributed by atoms with Crippen molar-refractivity contribution in [1.29, 1.82) is 0 Å². The molecule has 0 amide bonds. The Labute approximate surface area is 129 Å². The molecule has 0 radical (unpaired) electrons. The van der Waals surface area contributed by atoms with Crippen molar-refractivity contribution in [2.24, 2.45) is 5.73 Å². The van der Waals surface area contributed by atoms with Gasteiger partial charge < -0.3 is 15.2 Å². The molecule has 2 N–H and O–H groups in total. The summed E-state index contributed by atoms with van der Waals surface area (Å²) in [6, 6.07) is 7.13. The maximum absolute atomic E-state index is 12.2. The molecule has 0 aliphatic rings. The van der Waals surface area contributed by atoms with Gasteiger partial charge in [0.1, 0.15) is 11.5 Å². The summed E-state index contributed by atoms with van der Waals surface area (Å²) in [5.41, 5.74) is 6.68. The first-order valence-corrected chi connectivity index (χ1v) is 6.51. The molecule has 21 heavy (non-hydrogen) atoms. The molecule has 3 nitrogen and oxygen atoms in total. The quantitative estimate of drug-likeness (QED) is 0.911. The number of ether oxygens (including phenoxy) is 2. The van der Waals surface area contributed by atoms with Crippen LogP contribution in [0, 0.1) is 0 Å². The van der Waals surface area contributed by atoms with Gasteiger partial charge in [0.25, 0.3) is 0 Å². The molecule has 8 heteroatoms. The van der Waals surface area contributed by atoms with E-state index in [1.54, 1.807) is 0 Å². The number of alkyl halides is 3. The summed E-state index contributed by atoms with van der Waals surface area (Å²) in [5.74, 6) is -0.0795. The summed E-state index contributed by atoms with van der Waals surface area (Å²) in [6.07, 6.45) is -4.73. The number of halogens is 4. The average Bonchev–Trinajstić information content (AvgIpc) is 2.89. The van der Waals surface area contributed by atoms with Crippen LogP contribution in [-0.2, 0) is 0 Å². The Kier molecular flexibility index (Phi) is 5.88. The predicted octanol–water partition coefficient (Wildman–Crippen LogP) is 4.13. The van der Waals surface area contributed by atoms with Crippen LogP contribution in [0.25, 0.3) is 0 Å². The molecule has 0 bridgehead atoms. The van der Waals surface area contributed by atoms with E-state index in [2.05, 4.69) is 4.74 Å². The Morgan fingerprint density at radius 3 is 2.48 bits per heavy atom. The summed E-state index contributed by atoms with van der Waals surface area (Å²) in [5, 5.41) is 1.88. The van der Waals surface area contributed by atoms with Crippen molar-refractivity contribution in [3.05, 3.63) is 46.2 Å². The van der Waals surface area contributed by atoms with Crippen molar-refractivity contribution in [2.45, 2.75) is 12.4 Å². The van der Waals surface area contributed by atoms with Gasteiger partial charge in [0, 0.05) is 16.5 Å². The van der Waals surface area contributed by atoms with E-state index in [0.29, 0.717) is 5.56 Å². The molecule has 0 aliphatic carbocycles. The Bertz CT molecular complexity index is 575. The maximum Gasteiger partial charge on any atom is 0.573 e. The molecular formula is C13H13ClF3NO2S. The zero-order valence-electron chi connectivity index (χ0n) is 10.9. The number of hydrogen-bond acceptors (Lipinski definition) is 4. The maximum atomic E-state index is 12.2. The van der Waals surface area contributed by atoms with E-state index in [4.69, 9.17) is 10.5 Å². The topological polar surface area (TPSA) is 44.5 Å². The summed E-state index contributed by atoms with van der Waals surface area (Å²) < 4.78 is 45.5. The standard InChI is InChI=1S/C13H12F3NO2S.ClH/c1-18-10-7-8(19-13(14,15)16)4-5-9(10)12(17)11-3-2-6-20-11;/h2-7,12H,17H2,1H3;1H/t12-;/m0./s1. The van der Waals surface area contributed by atoms with Gasteiger partial charge in [0.15, 0.2) is 0 Å². The molecular weight excluding hydrogens is 327 g/mol. The first-order chi connectivity index (χ1) is 9.40. The number of benzene rings is 1. The summed E-state index contributed by atoms with van der Waals surface area (Å²) >= 11 is 1.47. The van der Waals surface area contributed by atoms with Gasteiger partial charge in [-0.1, -0.05) is 6.07 Å². The van der Waals surface area contributed by atoms with Crippen molar-refractivity contribution in [2.75, 3.05) is 7.11 Å². The second-order valence-corrected chi connectivity index (χ2v) is 4.92. The first-order valence-electron chi connectivity index (χ1n) is 5.63. The largest absolute Gasteiger partial charge is 0.573 e. The average molecular weight is 340 g/mol. The van der Waals surface area contributed by atoms with Crippen molar-refractivity contribution in [1.82, 2.24) is 0 Å². The van der Waals surface area contributed by atoms with Crippen LogP contribution in [0.2, 0.25) is 0 Å². The van der Waals surface area contributed by atoms with Gasteiger partial charge in [-0.25, -0.2) is 0 Å². The van der Waals surface area contributed by atoms with Gasteiger partial charge in [0.05, 0.1) is 13.2 Å². The summed E-state index contributed by atoms with van der Waals surface area (Å²) in [4.78, 5) is 0.896. The highest BCUT2D eigenvalue weighted by Gasteiger charge is 2.31. The van der Waals surface area contributed by atoms with Crippen molar-refractivity contribution in [3.8, 4) is 11.5 Å². The fraction of sp³-hybridized carbons (Fsp3) is 0.231. The van der Waals surface area contributed by atoms with E-state index >= 15 is 0 Å². The smallest absolute Gasteiger partial charge is 0.496 e. The zero-order chi connectivity index (χ0) is 14.8. The second kappa shape index (κ2) is 7.02. The van der Waals surface area contributed by atoms with Crippen LogP contribution in [0.4, 0.5) is 13.2 Å². The Morgan fingerprint density at radius 2 is 1.95 bits per heavy atom. The minimum Gasteiger partial charge on any atom is -0.496 e. The molecule has 116 valence electrons. The lowest BCUT2D eigenvalue weighted by atomic mass is 10.0. The highest BCUT2D eigenvalue weighted by Crippen LogP contribution is 2.34. The molecule has 0 spiro atoms. The Morgan fingerprint density at radius 1 is 1.24 bits per heavy atom. The number of nitrogens with two attached hydrogens (primary N) is 1. The normalized spacial score (nSPS) is 12.4. The van der Waals surface area contributed by atoms with Crippen LogP contribution in [0.15, 0.2) is 35.7 Å². The van der Waals surface area contributed by atoms with Crippen LogP contribution in [-0.4, -0.2) is 13.5 Å². The molecule has 0 saturated heterocycles. The number of hydrogen-bond donors (Lipinski definition) is 1. The lowest BCUT2D eigenvalue weighted by molar-refractivity contribution is -0.274. The predicted molar refractivity (Wildman–Crippen MR) is 77.3 cm³/mol. The minimum atomic E-state index is -4.73. The Hall–Kier alpha value is -1.44. The molecule has 0 aliphatic heterocycles.